The van der Waals surface area contributed by atoms with Crippen LogP contribution in [0, 0.1) is 4.91 Å². The third-order valence-electron chi connectivity index (χ3n) is 2.07. The Morgan fingerprint density at radius 2 is 1.64 bits per heavy atom. The maximum absolute atomic E-state index is 10.5. The van der Waals surface area contributed by atoms with Crippen molar-refractivity contribution in [3.8, 4) is 11.5 Å². The molecule has 2 N–H and O–H groups in total. The third-order valence-corrected chi connectivity index (χ3v) is 2.07. The summed E-state index contributed by atoms with van der Waals surface area (Å²) in [6.45, 7) is 0. The van der Waals surface area contributed by atoms with Crippen LogP contribution in [-0.2, 0) is 0 Å². The first-order valence-electron chi connectivity index (χ1n) is 4.01. The van der Waals surface area contributed by atoms with Crippen LogP contribution in [0.15, 0.2) is 35.5 Å². The van der Waals surface area contributed by atoms with Gasteiger partial charge in [0.2, 0.25) is 0 Å². The lowest BCUT2D eigenvalue weighted by molar-refractivity contribution is 0.456. The standard InChI is InChI=1S/C10H7NO3/c12-8-5-9(13)10(11-14)7-4-2-1-3-6(7)8/h1-5,12-13H. The molecule has 0 aliphatic heterocycles. The number of nitrogens with zero attached hydrogens (tertiary/aromatic N) is 1. The fourth-order valence-corrected chi connectivity index (χ4v) is 1.42. The normalized spacial score (nSPS) is 10.3. The van der Waals surface area contributed by atoms with Crippen LogP contribution >= 0.6 is 0 Å². The van der Waals surface area contributed by atoms with Crippen molar-refractivity contribution in [1.82, 2.24) is 0 Å². The van der Waals surface area contributed by atoms with Gasteiger partial charge in [-0.05, 0) is 5.18 Å². The van der Waals surface area contributed by atoms with Crippen molar-refractivity contribution in [3.63, 3.8) is 0 Å². The van der Waals surface area contributed by atoms with E-state index in [1.165, 1.54) is 0 Å². The van der Waals surface area contributed by atoms with Crippen LogP contribution in [0.4, 0.5) is 5.69 Å². The summed E-state index contributed by atoms with van der Waals surface area (Å²) in [7, 11) is 0. The van der Waals surface area contributed by atoms with Crippen molar-refractivity contribution in [2.75, 3.05) is 0 Å². The molecule has 0 spiro atoms. The maximum Gasteiger partial charge on any atom is 0.157 e. The topological polar surface area (TPSA) is 69.9 Å². The van der Waals surface area contributed by atoms with Crippen LogP contribution in [0.1, 0.15) is 0 Å². The van der Waals surface area contributed by atoms with Crippen molar-refractivity contribution in [2.45, 2.75) is 0 Å². The summed E-state index contributed by atoms with van der Waals surface area (Å²) in [5.41, 5.74) is -0.0431. The van der Waals surface area contributed by atoms with E-state index in [2.05, 4.69) is 5.18 Å². The molecule has 0 aliphatic rings. The molecule has 0 bridgehead atoms. The molecule has 2 aromatic rings. The van der Waals surface area contributed by atoms with E-state index in [0.29, 0.717) is 10.8 Å². The van der Waals surface area contributed by atoms with E-state index in [-0.39, 0.29) is 17.2 Å². The Morgan fingerprint density at radius 1 is 1.00 bits per heavy atom. The molecule has 0 saturated heterocycles. The van der Waals surface area contributed by atoms with Gasteiger partial charge >= 0.3 is 0 Å². The van der Waals surface area contributed by atoms with Crippen LogP contribution < -0.4 is 0 Å². The number of rotatable bonds is 1. The molecule has 0 radical (unpaired) electrons. The Balaban J connectivity index is 2.97. The average molecular weight is 189 g/mol. The summed E-state index contributed by atoms with van der Waals surface area (Å²) < 4.78 is 0. The summed E-state index contributed by atoms with van der Waals surface area (Å²) >= 11 is 0. The lowest BCUT2D eigenvalue weighted by Crippen LogP contribution is -1.76. The van der Waals surface area contributed by atoms with Crippen LogP contribution in [-0.4, -0.2) is 10.2 Å². The van der Waals surface area contributed by atoms with Gasteiger partial charge in [0.05, 0.1) is 0 Å². The largest absolute Gasteiger partial charge is 0.507 e. The summed E-state index contributed by atoms with van der Waals surface area (Å²) in [5, 5.41) is 22.5. The van der Waals surface area contributed by atoms with E-state index in [1.807, 2.05) is 0 Å². The molecular formula is C10H7NO3. The molecule has 4 heteroatoms. The first-order chi connectivity index (χ1) is 6.74. The number of fused-ring (bicyclic) bond motifs is 1. The Hall–Kier alpha value is -2.10. The highest BCUT2D eigenvalue weighted by Gasteiger charge is 2.10. The second kappa shape index (κ2) is 2.99. The summed E-state index contributed by atoms with van der Waals surface area (Å²) in [4.78, 5) is 10.5. The summed E-state index contributed by atoms with van der Waals surface area (Å²) in [6, 6.07) is 7.81. The van der Waals surface area contributed by atoms with Crippen LogP contribution in [0.3, 0.4) is 0 Å². The van der Waals surface area contributed by atoms with Crippen molar-refractivity contribution >= 4 is 16.5 Å². The van der Waals surface area contributed by atoms with Crippen LogP contribution in [0.5, 0.6) is 11.5 Å². The van der Waals surface area contributed by atoms with Crippen molar-refractivity contribution in [2.24, 2.45) is 5.18 Å². The first kappa shape index (κ1) is 8.50. The Kier molecular flexibility index (Phi) is 1.81. The fourth-order valence-electron chi connectivity index (χ4n) is 1.42. The van der Waals surface area contributed by atoms with Gasteiger partial charge in [-0.1, -0.05) is 24.3 Å². The molecule has 0 atom stereocenters. The van der Waals surface area contributed by atoms with Gasteiger partial charge in [-0.3, -0.25) is 0 Å². The van der Waals surface area contributed by atoms with Crippen molar-refractivity contribution in [3.05, 3.63) is 35.2 Å². The predicted octanol–water partition coefficient (Wildman–Crippen LogP) is 2.65. The van der Waals surface area contributed by atoms with Gasteiger partial charge in [0, 0.05) is 16.8 Å². The van der Waals surface area contributed by atoms with Gasteiger partial charge < -0.3 is 10.2 Å². The van der Waals surface area contributed by atoms with E-state index in [0.717, 1.165) is 6.07 Å². The monoisotopic (exact) mass is 189 g/mol. The van der Waals surface area contributed by atoms with Gasteiger partial charge in [-0.15, -0.1) is 4.91 Å². The zero-order valence-corrected chi connectivity index (χ0v) is 7.14. The molecule has 0 saturated carbocycles. The van der Waals surface area contributed by atoms with E-state index < -0.39 is 0 Å². The molecule has 0 aromatic heterocycles. The zero-order chi connectivity index (χ0) is 10.1. The minimum Gasteiger partial charge on any atom is -0.507 e. The van der Waals surface area contributed by atoms with E-state index >= 15 is 0 Å². The van der Waals surface area contributed by atoms with Gasteiger partial charge in [-0.25, -0.2) is 0 Å². The molecule has 0 amide bonds. The lowest BCUT2D eigenvalue weighted by atomic mass is 10.1. The van der Waals surface area contributed by atoms with E-state index in [1.54, 1.807) is 24.3 Å². The molecule has 0 aliphatic carbocycles. The average Bonchev–Trinajstić information content (AvgIpc) is 2.18. The Labute approximate surface area is 79.4 Å². The molecule has 2 aromatic carbocycles. The number of benzene rings is 2. The minimum atomic E-state index is -0.309. The summed E-state index contributed by atoms with van der Waals surface area (Å²) in [5.74, 6) is -0.373. The maximum atomic E-state index is 10.5. The molecule has 14 heavy (non-hydrogen) atoms. The highest BCUT2D eigenvalue weighted by molar-refractivity contribution is 5.99. The number of hydrogen-bond donors (Lipinski definition) is 2. The molecule has 4 nitrogen and oxygen atoms in total. The Bertz CT molecular complexity index is 508. The second-order valence-corrected chi connectivity index (χ2v) is 2.90. The highest BCUT2D eigenvalue weighted by Crippen LogP contribution is 2.39. The predicted molar refractivity (Wildman–Crippen MR) is 52.7 cm³/mol. The number of aromatic hydroxyl groups is 2. The van der Waals surface area contributed by atoms with Crippen molar-refractivity contribution < 1.29 is 10.2 Å². The van der Waals surface area contributed by atoms with Gasteiger partial charge in [-0.2, -0.15) is 0 Å². The van der Waals surface area contributed by atoms with E-state index in [4.69, 9.17) is 0 Å². The molecule has 2 rings (SSSR count). The number of phenolic OH excluding ortho intramolecular Hbond substituents is 2. The van der Waals surface area contributed by atoms with Crippen LogP contribution in [0.2, 0.25) is 0 Å². The quantitative estimate of drug-likeness (QED) is 0.677. The molecule has 0 fully saturated rings. The molecular weight excluding hydrogens is 182 g/mol. The molecule has 0 heterocycles. The third kappa shape index (κ3) is 1.08. The second-order valence-electron chi connectivity index (χ2n) is 2.90. The summed E-state index contributed by atoms with van der Waals surface area (Å²) in [6.07, 6.45) is 0. The number of hydrogen-bond acceptors (Lipinski definition) is 4. The van der Waals surface area contributed by atoms with Crippen molar-refractivity contribution in [1.29, 1.82) is 0 Å². The number of nitroso groups, excluding NO2 is 1. The van der Waals surface area contributed by atoms with Gasteiger partial charge in [0.15, 0.2) is 5.69 Å². The first-order valence-corrected chi connectivity index (χ1v) is 4.01. The lowest BCUT2D eigenvalue weighted by Gasteiger charge is -2.04. The zero-order valence-electron chi connectivity index (χ0n) is 7.14. The Morgan fingerprint density at radius 3 is 2.29 bits per heavy atom. The van der Waals surface area contributed by atoms with E-state index in [9.17, 15) is 15.1 Å². The van der Waals surface area contributed by atoms with Crippen LogP contribution in [0.25, 0.3) is 10.8 Å². The molecule has 0 unspecified atom stereocenters. The van der Waals surface area contributed by atoms with Gasteiger partial charge in [0.25, 0.3) is 0 Å². The van der Waals surface area contributed by atoms with Gasteiger partial charge in [0.1, 0.15) is 11.5 Å². The SMILES string of the molecule is O=Nc1c(O)cc(O)c2ccccc12. The molecule has 70 valence electrons. The minimum absolute atomic E-state index is 0.0431. The fraction of sp³-hybridized carbons (Fsp3) is 0. The number of phenols is 2. The smallest absolute Gasteiger partial charge is 0.157 e. The highest BCUT2D eigenvalue weighted by atomic mass is 16.3.